The highest BCUT2D eigenvalue weighted by atomic mass is 35.5. The zero-order valence-electron chi connectivity index (χ0n) is 5.96. The highest BCUT2D eigenvalue weighted by Crippen LogP contribution is 2.15. The van der Waals surface area contributed by atoms with Crippen molar-refractivity contribution in [1.82, 2.24) is 0 Å². The van der Waals surface area contributed by atoms with Gasteiger partial charge in [-0.25, -0.2) is 0 Å². The molecular weight excluding hydrogens is 162 g/mol. The fraction of sp³-hybridized carbons (Fsp3) is 0.125. The Morgan fingerprint density at radius 1 is 1.45 bits per heavy atom. The third-order valence-corrected chi connectivity index (χ3v) is 1.64. The van der Waals surface area contributed by atoms with Gasteiger partial charge >= 0.3 is 0 Å². The van der Waals surface area contributed by atoms with E-state index in [1.807, 2.05) is 24.3 Å². The van der Waals surface area contributed by atoms with E-state index in [4.69, 9.17) is 16.4 Å². The summed E-state index contributed by atoms with van der Waals surface area (Å²) in [5, 5.41) is 3.95. The van der Waals surface area contributed by atoms with Crippen LogP contribution in [0.3, 0.4) is 0 Å². The van der Waals surface area contributed by atoms with Crippen LogP contribution in [-0.4, -0.2) is 6.72 Å². The predicted molar refractivity (Wildman–Crippen MR) is 45.8 cm³/mol. The summed E-state index contributed by atoms with van der Waals surface area (Å²) in [4.78, 5) is 4.73. The summed E-state index contributed by atoms with van der Waals surface area (Å²) in [6, 6.07) is 7.46. The molecule has 0 amide bonds. The first-order chi connectivity index (χ1) is 5.34. The lowest BCUT2D eigenvalue weighted by molar-refractivity contribution is 0.133. The lowest BCUT2D eigenvalue weighted by atomic mass is 10.2. The molecule has 2 nitrogen and oxygen atoms in total. The van der Waals surface area contributed by atoms with Crippen LogP contribution < -0.4 is 0 Å². The predicted octanol–water partition coefficient (Wildman–Crippen LogP) is 2.47. The average molecular weight is 170 g/mol. The Kier molecular flexibility index (Phi) is 2.93. The smallest absolute Gasteiger partial charge is 0.143 e. The molecule has 0 bridgehead atoms. The third-order valence-electron chi connectivity index (χ3n) is 1.27. The second-order valence-electron chi connectivity index (χ2n) is 1.99. The maximum Gasteiger partial charge on any atom is 0.143 e. The fourth-order valence-electron chi connectivity index (χ4n) is 0.731. The Morgan fingerprint density at radius 3 is 2.82 bits per heavy atom. The lowest BCUT2D eigenvalue weighted by Gasteiger charge is -2.00. The molecule has 11 heavy (non-hydrogen) atoms. The van der Waals surface area contributed by atoms with Gasteiger partial charge in [0.15, 0.2) is 0 Å². The van der Waals surface area contributed by atoms with Crippen LogP contribution in [0, 0.1) is 0 Å². The molecule has 0 aromatic heterocycles. The van der Waals surface area contributed by atoms with E-state index >= 15 is 0 Å². The van der Waals surface area contributed by atoms with Crippen LogP contribution in [0.5, 0.6) is 0 Å². The lowest BCUT2D eigenvalue weighted by Crippen LogP contribution is -1.86. The summed E-state index contributed by atoms with van der Waals surface area (Å²) in [7, 11) is 0. The normalized spacial score (nSPS) is 9.18. The van der Waals surface area contributed by atoms with Gasteiger partial charge in [-0.2, -0.15) is 0 Å². The Labute approximate surface area is 70.4 Å². The van der Waals surface area contributed by atoms with Gasteiger partial charge in [0.2, 0.25) is 0 Å². The Hall–Kier alpha value is -1.02. The molecule has 0 heterocycles. The molecule has 0 aliphatic heterocycles. The van der Waals surface area contributed by atoms with Crippen molar-refractivity contribution < 1.29 is 4.84 Å². The number of rotatable bonds is 3. The highest BCUT2D eigenvalue weighted by molar-refractivity contribution is 6.31. The minimum atomic E-state index is 0.378. The first-order valence-corrected chi connectivity index (χ1v) is 3.54. The molecule has 0 unspecified atom stereocenters. The van der Waals surface area contributed by atoms with Crippen molar-refractivity contribution >= 4 is 18.3 Å². The first-order valence-electron chi connectivity index (χ1n) is 3.16. The van der Waals surface area contributed by atoms with E-state index in [-0.39, 0.29) is 0 Å². The summed E-state index contributed by atoms with van der Waals surface area (Å²) >= 11 is 5.82. The molecule has 58 valence electrons. The molecule has 0 saturated carbocycles. The third kappa shape index (κ3) is 2.24. The van der Waals surface area contributed by atoms with Gasteiger partial charge in [-0.15, -0.1) is 5.16 Å². The maximum atomic E-state index is 5.82. The zero-order chi connectivity index (χ0) is 8.10. The van der Waals surface area contributed by atoms with Gasteiger partial charge in [-0.1, -0.05) is 29.8 Å². The second-order valence-corrected chi connectivity index (χ2v) is 2.40. The Bertz CT molecular complexity index is 250. The van der Waals surface area contributed by atoms with Crippen LogP contribution in [0.25, 0.3) is 0 Å². The summed E-state index contributed by atoms with van der Waals surface area (Å²) in [5.41, 5.74) is 0.918. The molecule has 0 N–H and O–H groups in total. The minimum Gasteiger partial charge on any atom is -0.391 e. The monoisotopic (exact) mass is 169 g/mol. The largest absolute Gasteiger partial charge is 0.391 e. The van der Waals surface area contributed by atoms with E-state index in [2.05, 4.69) is 11.9 Å². The van der Waals surface area contributed by atoms with Crippen molar-refractivity contribution in [3.8, 4) is 0 Å². The summed E-state index contributed by atoms with van der Waals surface area (Å²) in [5.74, 6) is 0. The number of benzene rings is 1. The molecule has 0 saturated heterocycles. The standard InChI is InChI=1S/C8H8ClNO/c1-10-11-6-7-4-2-3-5-8(7)9/h2-5H,1,6H2. The zero-order valence-corrected chi connectivity index (χ0v) is 6.71. The average Bonchev–Trinajstić information content (AvgIpc) is 2.03. The maximum absolute atomic E-state index is 5.82. The molecule has 0 aliphatic rings. The van der Waals surface area contributed by atoms with Crippen molar-refractivity contribution in [3.63, 3.8) is 0 Å². The van der Waals surface area contributed by atoms with Crippen molar-refractivity contribution in [3.05, 3.63) is 34.9 Å². The summed E-state index contributed by atoms with van der Waals surface area (Å²) in [6.07, 6.45) is 0. The molecule has 0 fully saturated rings. The Morgan fingerprint density at radius 2 is 2.18 bits per heavy atom. The van der Waals surface area contributed by atoms with Gasteiger partial charge in [0, 0.05) is 17.3 Å². The fourth-order valence-corrected chi connectivity index (χ4v) is 0.921. The van der Waals surface area contributed by atoms with Crippen LogP contribution in [0.15, 0.2) is 29.4 Å². The van der Waals surface area contributed by atoms with Gasteiger partial charge in [0.25, 0.3) is 0 Å². The quantitative estimate of drug-likeness (QED) is 0.503. The van der Waals surface area contributed by atoms with Gasteiger partial charge in [-0.05, 0) is 6.07 Å². The molecule has 1 aromatic rings. The minimum absolute atomic E-state index is 0.378. The molecule has 0 atom stereocenters. The SMILES string of the molecule is C=NOCc1ccccc1Cl. The molecule has 0 spiro atoms. The summed E-state index contributed by atoms with van der Waals surface area (Å²) in [6.45, 7) is 3.57. The Balaban J connectivity index is 2.69. The van der Waals surface area contributed by atoms with E-state index in [9.17, 15) is 0 Å². The van der Waals surface area contributed by atoms with E-state index in [0.29, 0.717) is 11.6 Å². The van der Waals surface area contributed by atoms with Crippen LogP contribution in [0.4, 0.5) is 0 Å². The van der Waals surface area contributed by atoms with Gasteiger partial charge in [-0.3, -0.25) is 0 Å². The van der Waals surface area contributed by atoms with E-state index in [0.717, 1.165) is 5.56 Å². The molecule has 3 heteroatoms. The van der Waals surface area contributed by atoms with E-state index < -0.39 is 0 Å². The first kappa shape index (κ1) is 8.08. The molecule has 1 aromatic carbocycles. The van der Waals surface area contributed by atoms with Crippen LogP contribution in [0.1, 0.15) is 5.56 Å². The van der Waals surface area contributed by atoms with Crippen molar-refractivity contribution in [2.75, 3.05) is 0 Å². The highest BCUT2D eigenvalue weighted by Gasteiger charge is 1.96. The molecule has 1 rings (SSSR count). The van der Waals surface area contributed by atoms with Gasteiger partial charge in [0.05, 0.1) is 0 Å². The number of hydrogen-bond donors (Lipinski definition) is 0. The van der Waals surface area contributed by atoms with E-state index in [1.165, 1.54) is 0 Å². The second kappa shape index (κ2) is 3.98. The van der Waals surface area contributed by atoms with Crippen LogP contribution >= 0.6 is 11.6 Å². The van der Waals surface area contributed by atoms with Gasteiger partial charge in [0.1, 0.15) is 6.61 Å². The summed E-state index contributed by atoms with van der Waals surface area (Å²) < 4.78 is 0. The molecule has 0 radical (unpaired) electrons. The topological polar surface area (TPSA) is 21.6 Å². The molecule has 0 aliphatic carbocycles. The van der Waals surface area contributed by atoms with Gasteiger partial charge < -0.3 is 4.84 Å². The van der Waals surface area contributed by atoms with Crippen molar-refractivity contribution in [2.24, 2.45) is 5.16 Å². The molecular formula is C8H8ClNO. The number of hydrogen-bond acceptors (Lipinski definition) is 2. The number of halogens is 1. The number of oxime groups is 1. The van der Waals surface area contributed by atoms with Crippen LogP contribution in [-0.2, 0) is 11.4 Å². The van der Waals surface area contributed by atoms with Crippen LogP contribution in [0.2, 0.25) is 5.02 Å². The number of nitrogens with zero attached hydrogens (tertiary/aromatic N) is 1. The van der Waals surface area contributed by atoms with Crippen molar-refractivity contribution in [1.29, 1.82) is 0 Å². The van der Waals surface area contributed by atoms with Crippen molar-refractivity contribution in [2.45, 2.75) is 6.61 Å². The van der Waals surface area contributed by atoms with E-state index in [1.54, 1.807) is 0 Å².